The molecule has 0 aromatic heterocycles. The van der Waals surface area contributed by atoms with E-state index in [4.69, 9.17) is 0 Å². The Hall–Kier alpha value is -0.820. The number of rotatable bonds is 1. The Morgan fingerprint density at radius 2 is 1.94 bits per heavy atom. The van der Waals surface area contributed by atoms with E-state index < -0.39 is 0 Å². The third-order valence-corrected chi connectivity index (χ3v) is 4.01. The first kappa shape index (κ1) is 11.7. The summed E-state index contributed by atoms with van der Waals surface area (Å²) in [5.74, 6) is 1.40. The summed E-state index contributed by atoms with van der Waals surface area (Å²) in [7, 11) is 0. The summed E-state index contributed by atoms with van der Waals surface area (Å²) in [5.41, 5.74) is 4.14. The molecule has 0 fully saturated rings. The minimum Gasteiger partial charge on any atom is -0.392 e. The highest BCUT2D eigenvalue weighted by molar-refractivity contribution is 5.39. The van der Waals surface area contributed by atoms with Crippen molar-refractivity contribution in [3.05, 3.63) is 34.9 Å². The van der Waals surface area contributed by atoms with E-state index in [0.717, 1.165) is 6.42 Å². The molecule has 0 spiro atoms. The van der Waals surface area contributed by atoms with Crippen LogP contribution in [0.1, 0.15) is 55.7 Å². The Morgan fingerprint density at radius 1 is 1.25 bits per heavy atom. The summed E-state index contributed by atoms with van der Waals surface area (Å²) in [5, 5.41) is 10.1. The fourth-order valence-corrected chi connectivity index (χ4v) is 2.86. The first-order chi connectivity index (χ1) is 7.50. The van der Waals surface area contributed by atoms with Gasteiger partial charge in [-0.15, -0.1) is 0 Å². The molecule has 1 N–H and O–H groups in total. The molecule has 3 atom stereocenters. The van der Waals surface area contributed by atoms with E-state index >= 15 is 0 Å². The van der Waals surface area contributed by atoms with Crippen LogP contribution in [0, 0.1) is 12.8 Å². The Bertz CT molecular complexity index is 381. The largest absolute Gasteiger partial charge is 0.392 e. The van der Waals surface area contributed by atoms with Gasteiger partial charge in [0.25, 0.3) is 0 Å². The summed E-state index contributed by atoms with van der Waals surface area (Å²) in [4.78, 5) is 0. The Morgan fingerprint density at radius 3 is 2.56 bits per heavy atom. The van der Waals surface area contributed by atoms with E-state index in [-0.39, 0.29) is 12.0 Å². The third-order valence-electron chi connectivity index (χ3n) is 4.01. The normalized spacial score (nSPS) is 29.2. The Labute approximate surface area is 98.5 Å². The lowest BCUT2D eigenvalue weighted by molar-refractivity contribution is 0.113. The van der Waals surface area contributed by atoms with Gasteiger partial charge in [0.05, 0.1) is 6.10 Å². The first-order valence-electron chi connectivity index (χ1n) is 6.29. The van der Waals surface area contributed by atoms with Crippen molar-refractivity contribution in [2.45, 2.75) is 52.1 Å². The minimum atomic E-state index is -0.178. The van der Waals surface area contributed by atoms with Crippen molar-refractivity contribution in [3.63, 3.8) is 0 Å². The average Bonchev–Trinajstić information content (AvgIpc) is 2.22. The van der Waals surface area contributed by atoms with Gasteiger partial charge in [-0.2, -0.15) is 0 Å². The second-order valence-corrected chi connectivity index (χ2v) is 5.57. The standard InChI is InChI=1S/C15H22O/c1-9(2)13-8-15(16)11(4)12-6-5-10(3)7-14(12)13/h5-7,9,11,13,15-16H,8H2,1-4H3. The van der Waals surface area contributed by atoms with Crippen molar-refractivity contribution in [1.29, 1.82) is 0 Å². The second kappa shape index (κ2) is 4.21. The smallest absolute Gasteiger partial charge is 0.0612 e. The Balaban J connectivity index is 2.50. The van der Waals surface area contributed by atoms with Crippen LogP contribution < -0.4 is 0 Å². The number of hydrogen-bond acceptors (Lipinski definition) is 1. The van der Waals surface area contributed by atoms with Gasteiger partial charge in [0.1, 0.15) is 0 Å². The molecule has 1 nitrogen and oxygen atoms in total. The zero-order valence-electron chi connectivity index (χ0n) is 10.7. The molecule has 1 aromatic rings. The van der Waals surface area contributed by atoms with Gasteiger partial charge >= 0.3 is 0 Å². The molecular weight excluding hydrogens is 196 g/mol. The van der Waals surface area contributed by atoms with Gasteiger partial charge < -0.3 is 5.11 Å². The molecule has 3 unspecified atom stereocenters. The van der Waals surface area contributed by atoms with Crippen LogP contribution in [0.5, 0.6) is 0 Å². The SMILES string of the molecule is Cc1ccc2c(c1)C(C(C)C)CC(O)C2C. The molecule has 0 amide bonds. The fourth-order valence-electron chi connectivity index (χ4n) is 2.86. The van der Waals surface area contributed by atoms with Gasteiger partial charge in [-0.05, 0) is 36.3 Å². The van der Waals surface area contributed by atoms with E-state index in [1.54, 1.807) is 0 Å². The summed E-state index contributed by atoms with van der Waals surface area (Å²) in [6.45, 7) is 8.78. The van der Waals surface area contributed by atoms with E-state index in [1.165, 1.54) is 16.7 Å². The number of aliphatic hydroxyl groups is 1. The lowest BCUT2D eigenvalue weighted by Crippen LogP contribution is -2.28. The lowest BCUT2D eigenvalue weighted by atomic mass is 9.71. The maximum Gasteiger partial charge on any atom is 0.0612 e. The summed E-state index contributed by atoms with van der Waals surface area (Å²) in [6.07, 6.45) is 0.734. The monoisotopic (exact) mass is 218 g/mol. The topological polar surface area (TPSA) is 20.2 Å². The zero-order valence-corrected chi connectivity index (χ0v) is 10.7. The van der Waals surface area contributed by atoms with Gasteiger partial charge in [0.15, 0.2) is 0 Å². The molecule has 1 aliphatic carbocycles. The lowest BCUT2D eigenvalue weighted by Gasteiger charge is -2.36. The Kier molecular flexibility index (Phi) is 3.07. The molecule has 0 bridgehead atoms. The number of aliphatic hydroxyl groups excluding tert-OH is 1. The number of fused-ring (bicyclic) bond motifs is 1. The number of aryl methyl sites for hydroxylation is 1. The van der Waals surface area contributed by atoms with Gasteiger partial charge in [-0.25, -0.2) is 0 Å². The molecule has 88 valence electrons. The minimum absolute atomic E-state index is 0.178. The van der Waals surface area contributed by atoms with Crippen LogP contribution in [0.25, 0.3) is 0 Å². The zero-order chi connectivity index (χ0) is 11.9. The van der Waals surface area contributed by atoms with Gasteiger partial charge in [0.2, 0.25) is 0 Å². The van der Waals surface area contributed by atoms with E-state index in [1.807, 2.05) is 0 Å². The highest BCUT2D eigenvalue weighted by atomic mass is 16.3. The molecule has 1 aliphatic rings. The van der Waals surface area contributed by atoms with Crippen molar-refractivity contribution in [3.8, 4) is 0 Å². The van der Waals surface area contributed by atoms with E-state index in [9.17, 15) is 5.11 Å². The maximum atomic E-state index is 10.1. The fraction of sp³-hybridized carbons (Fsp3) is 0.600. The van der Waals surface area contributed by atoms with Crippen LogP contribution in [0.3, 0.4) is 0 Å². The van der Waals surface area contributed by atoms with Crippen LogP contribution in [0.15, 0.2) is 18.2 Å². The number of hydrogen-bond donors (Lipinski definition) is 1. The predicted molar refractivity (Wildman–Crippen MR) is 67.8 cm³/mol. The van der Waals surface area contributed by atoms with Gasteiger partial charge in [0, 0.05) is 5.92 Å². The third kappa shape index (κ3) is 1.89. The molecule has 0 saturated heterocycles. The quantitative estimate of drug-likeness (QED) is 0.763. The van der Waals surface area contributed by atoms with Crippen LogP contribution in [0.4, 0.5) is 0 Å². The van der Waals surface area contributed by atoms with Crippen molar-refractivity contribution < 1.29 is 5.11 Å². The van der Waals surface area contributed by atoms with Crippen molar-refractivity contribution in [2.75, 3.05) is 0 Å². The molecule has 0 saturated carbocycles. The average molecular weight is 218 g/mol. The van der Waals surface area contributed by atoms with Crippen molar-refractivity contribution in [2.24, 2.45) is 5.92 Å². The van der Waals surface area contributed by atoms with Crippen LogP contribution >= 0.6 is 0 Å². The van der Waals surface area contributed by atoms with Crippen LogP contribution in [0.2, 0.25) is 0 Å². The molecule has 1 heteroatoms. The maximum absolute atomic E-state index is 10.1. The number of benzene rings is 1. The molecule has 0 aliphatic heterocycles. The second-order valence-electron chi connectivity index (χ2n) is 5.57. The van der Waals surface area contributed by atoms with Crippen molar-refractivity contribution >= 4 is 0 Å². The summed E-state index contributed by atoms with van der Waals surface area (Å²) in [6, 6.07) is 6.67. The highest BCUT2D eigenvalue weighted by Crippen LogP contribution is 2.42. The van der Waals surface area contributed by atoms with Crippen LogP contribution in [-0.2, 0) is 0 Å². The predicted octanol–water partition coefficient (Wildman–Crippen LogP) is 3.60. The van der Waals surface area contributed by atoms with E-state index in [0.29, 0.717) is 11.8 Å². The van der Waals surface area contributed by atoms with Gasteiger partial charge in [-0.1, -0.05) is 44.5 Å². The molecule has 2 rings (SSSR count). The molecular formula is C15H22O. The summed E-state index contributed by atoms with van der Waals surface area (Å²) < 4.78 is 0. The van der Waals surface area contributed by atoms with Crippen molar-refractivity contribution in [1.82, 2.24) is 0 Å². The summed E-state index contributed by atoms with van der Waals surface area (Å²) >= 11 is 0. The van der Waals surface area contributed by atoms with E-state index in [2.05, 4.69) is 45.9 Å². The van der Waals surface area contributed by atoms with Gasteiger partial charge in [-0.3, -0.25) is 0 Å². The van der Waals surface area contributed by atoms with Crippen LogP contribution in [-0.4, -0.2) is 11.2 Å². The molecule has 0 heterocycles. The molecule has 16 heavy (non-hydrogen) atoms. The highest BCUT2D eigenvalue weighted by Gasteiger charge is 2.32. The first-order valence-corrected chi connectivity index (χ1v) is 6.29. The molecule has 0 radical (unpaired) electrons. The molecule has 1 aromatic carbocycles.